The number of imidazole rings is 1. The van der Waals surface area contributed by atoms with Crippen LogP contribution in [0.1, 0.15) is 38.7 Å². The summed E-state index contributed by atoms with van der Waals surface area (Å²) in [5, 5.41) is 6.32. The van der Waals surface area contributed by atoms with E-state index in [-0.39, 0.29) is 6.04 Å². The molecule has 0 amide bonds. The molecule has 164 valence electrons. The zero-order chi connectivity index (χ0) is 21.8. The van der Waals surface area contributed by atoms with E-state index >= 15 is 0 Å². The van der Waals surface area contributed by atoms with E-state index in [0.717, 1.165) is 12.4 Å². The summed E-state index contributed by atoms with van der Waals surface area (Å²) in [6, 6.07) is -0.0485. The molecule has 2 N–H and O–H groups in total. The highest BCUT2D eigenvalue weighted by molar-refractivity contribution is 5.52. The molecule has 1 atom stereocenters. The maximum absolute atomic E-state index is 13.1. The first-order valence-electron chi connectivity index (χ1n) is 10.1. The number of nitrogens with one attached hydrogen (secondary N) is 2. The predicted octanol–water partition coefficient (Wildman–Crippen LogP) is 2.33. The van der Waals surface area contributed by atoms with E-state index in [4.69, 9.17) is 4.74 Å². The molecular formula is C19H25FN10O. The van der Waals surface area contributed by atoms with Crippen molar-refractivity contribution in [2.24, 2.45) is 0 Å². The Bertz CT molecular complexity index is 1000. The fourth-order valence-corrected chi connectivity index (χ4v) is 2.99. The van der Waals surface area contributed by atoms with Gasteiger partial charge in [-0.3, -0.25) is 0 Å². The van der Waals surface area contributed by atoms with Gasteiger partial charge in [0.05, 0.1) is 38.0 Å². The van der Waals surface area contributed by atoms with Crippen LogP contribution in [0.15, 0.2) is 24.9 Å². The first kappa shape index (κ1) is 20.8. The molecule has 0 spiro atoms. The van der Waals surface area contributed by atoms with Crippen LogP contribution in [-0.4, -0.2) is 60.8 Å². The third kappa shape index (κ3) is 5.20. The van der Waals surface area contributed by atoms with Crippen LogP contribution in [0.3, 0.4) is 0 Å². The molecule has 4 rings (SSSR count). The minimum Gasteiger partial charge on any atom is -0.378 e. The molecule has 0 bridgehead atoms. The van der Waals surface area contributed by atoms with Crippen LogP contribution < -0.4 is 15.5 Å². The Kier molecular flexibility index (Phi) is 6.16. The molecule has 0 aliphatic carbocycles. The van der Waals surface area contributed by atoms with Crippen molar-refractivity contribution in [3.8, 4) is 0 Å². The fourth-order valence-electron chi connectivity index (χ4n) is 2.99. The van der Waals surface area contributed by atoms with E-state index in [0.29, 0.717) is 61.8 Å². The van der Waals surface area contributed by atoms with Gasteiger partial charge in [0.25, 0.3) is 0 Å². The number of rotatable bonds is 7. The summed E-state index contributed by atoms with van der Waals surface area (Å²) >= 11 is 0. The van der Waals surface area contributed by atoms with Gasteiger partial charge in [0, 0.05) is 25.3 Å². The number of halogens is 1. The number of aromatic nitrogens is 7. The molecule has 12 heteroatoms. The Hall–Kier alpha value is -3.41. The average Bonchev–Trinajstić information content (AvgIpc) is 3.23. The molecule has 31 heavy (non-hydrogen) atoms. The summed E-state index contributed by atoms with van der Waals surface area (Å²) in [5.74, 6) is 1.81. The molecule has 0 aromatic carbocycles. The van der Waals surface area contributed by atoms with Crippen LogP contribution in [0.2, 0.25) is 0 Å². The smallest absolute Gasteiger partial charge is 0.235 e. The first-order valence-corrected chi connectivity index (χ1v) is 10.1. The molecule has 11 nitrogen and oxygen atoms in total. The van der Waals surface area contributed by atoms with Gasteiger partial charge in [-0.25, -0.2) is 19.3 Å². The maximum atomic E-state index is 13.1. The van der Waals surface area contributed by atoms with Gasteiger partial charge in [-0.1, -0.05) is 0 Å². The number of anilines is 4. The van der Waals surface area contributed by atoms with Crippen molar-refractivity contribution in [3.63, 3.8) is 0 Å². The highest BCUT2D eigenvalue weighted by Crippen LogP contribution is 2.21. The number of ether oxygens (including phenoxy) is 1. The van der Waals surface area contributed by atoms with E-state index in [1.807, 2.05) is 22.6 Å². The monoisotopic (exact) mass is 428 g/mol. The number of hydrogen-bond acceptors (Lipinski definition) is 10. The molecule has 1 aliphatic rings. The number of morpholine rings is 1. The van der Waals surface area contributed by atoms with Gasteiger partial charge in [0.1, 0.15) is 5.82 Å². The van der Waals surface area contributed by atoms with Gasteiger partial charge in [0.15, 0.2) is 11.6 Å². The summed E-state index contributed by atoms with van der Waals surface area (Å²) in [6.45, 7) is 8.58. The van der Waals surface area contributed by atoms with Crippen LogP contribution in [0.25, 0.3) is 0 Å². The van der Waals surface area contributed by atoms with Gasteiger partial charge in [-0.2, -0.15) is 15.0 Å². The Balaban J connectivity index is 1.59. The average molecular weight is 428 g/mol. The Morgan fingerprint density at radius 3 is 2.39 bits per heavy atom. The largest absolute Gasteiger partial charge is 0.378 e. The van der Waals surface area contributed by atoms with Gasteiger partial charge in [-0.05, 0) is 20.8 Å². The van der Waals surface area contributed by atoms with Crippen LogP contribution in [0.4, 0.5) is 28.1 Å². The van der Waals surface area contributed by atoms with Crippen molar-refractivity contribution < 1.29 is 9.13 Å². The summed E-state index contributed by atoms with van der Waals surface area (Å²) in [5.41, 5.74) is 0. The molecule has 1 aliphatic heterocycles. The Labute approximate surface area is 179 Å². The topological polar surface area (TPSA) is 119 Å². The van der Waals surface area contributed by atoms with E-state index in [1.54, 1.807) is 6.33 Å². The summed E-state index contributed by atoms with van der Waals surface area (Å²) < 4.78 is 20.6. The molecule has 0 radical (unpaired) electrons. The van der Waals surface area contributed by atoms with Crippen LogP contribution in [0, 0.1) is 5.82 Å². The lowest BCUT2D eigenvalue weighted by atomic mass is 10.3. The lowest BCUT2D eigenvalue weighted by molar-refractivity contribution is 0.122. The van der Waals surface area contributed by atoms with Crippen molar-refractivity contribution in [1.82, 2.24) is 34.5 Å². The molecule has 3 aromatic rings. The van der Waals surface area contributed by atoms with E-state index in [9.17, 15) is 4.39 Å². The summed E-state index contributed by atoms with van der Waals surface area (Å²) in [4.78, 5) is 28.0. The van der Waals surface area contributed by atoms with Gasteiger partial charge in [-0.15, -0.1) is 0 Å². The minimum absolute atomic E-state index is 0.291. The molecule has 4 heterocycles. The highest BCUT2D eigenvalue weighted by atomic mass is 19.1. The van der Waals surface area contributed by atoms with Crippen LogP contribution in [0.5, 0.6) is 0 Å². The van der Waals surface area contributed by atoms with Crippen molar-refractivity contribution in [2.45, 2.75) is 32.9 Å². The maximum Gasteiger partial charge on any atom is 0.235 e. The first-order chi connectivity index (χ1) is 15.0. The molecule has 0 saturated carbocycles. The van der Waals surface area contributed by atoms with Gasteiger partial charge >= 0.3 is 0 Å². The third-order valence-electron chi connectivity index (χ3n) is 4.73. The predicted molar refractivity (Wildman–Crippen MR) is 113 cm³/mol. The standard InChI is InChI=1S/C19H25FN10O/c1-12(2)30-10-15(23-11-30)25-18-26-17(24-13(3)16-21-8-14(20)9-22-16)27-19(28-18)29-4-6-31-7-5-29/h8-13H,4-7H2,1-3H3,(H2,24,25,26,27,28). The SMILES string of the molecule is CC(Nc1nc(Nc2cn(C(C)C)cn2)nc(N2CCOCC2)n1)c1ncc(F)cn1. The van der Waals surface area contributed by atoms with Crippen molar-refractivity contribution in [3.05, 3.63) is 36.6 Å². The minimum atomic E-state index is -0.488. The lowest BCUT2D eigenvalue weighted by Gasteiger charge is -2.27. The normalized spacial score (nSPS) is 15.2. The van der Waals surface area contributed by atoms with Crippen LogP contribution in [-0.2, 0) is 4.74 Å². The number of nitrogens with zero attached hydrogens (tertiary/aromatic N) is 8. The van der Waals surface area contributed by atoms with Crippen molar-refractivity contribution in [2.75, 3.05) is 41.8 Å². The molecule has 3 aromatic heterocycles. The summed E-state index contributed by atoms with van der Waals surface area (Å²) in [6.07, 6.45) is 5.91. The number of hydrogen-bond donors (Lipinski definition) is 2. The quantitative estimate of drug-likeness (QED) is 0.580. The van der Waals surface area contributed by atoms with E-state index in [2.05, 4.69) is 54.4 Å². The van der Waals surface area contributed by atoms with E-state index in [1.165, 1.54) is 0 Å². The zero-order valence-corrected chi connectivity index (χ0v) is 17.7. The second-order valence-electron chi connectivity index (χ2n) is 7.43. The van der Waals surface area contributed by atoms with Gasteiger partial charge < -0.3 is 24.8 Å². The lowest BCUT2D eigenvalue weighted by Crippen LogP contribution is -2.37. The van der Waals surface area contributed by atoms with Crippen molar-refractivity contribution in [1.29, 1.82) is 0 Å². The molecule has 1 unspecified atom stereocenters. The third-order valence-corrected chi connectivity index (χ3v) is 4.73. The zero-order valence-electron chi connectivity index (χ0n) is 17.7. The van der Waals surface area contributed by atoms with Crippen LogP contribution >= 0.6 is 0 Å². The fraction of sp³-hybridized carbons (Fsp3) is 0.474. The second-order valence-corrected chi connectivity index (χ2v) is 7.43. The molecular weight excluding hydrogens is 403 g/mol. The van der Waals surface area contributed by atoms with Crippen molar-refractivity contribution >= 4 is 23.7 Å². The molecule has 1 fully saturated rings. The Morgan fingerprint density at radius 1 is 1.00 bits per heavy atom. The van der Waals surface area contributed by atoms with Gasteiger partial charge in [0.2, 0.25) is 17.8 Å². The van der Waals surface area contributed by atoms with E-state index < -0.39 is 5.82 Å². The molecule has 1 saturated heterocycles. The Morgan fingerprint density at radius 2 is 1.71 bits per heavy atom. The summed E-state index contributed by atoms with van der Waals surface area (Å²) in [7, 11) is 0. The second kappa shape index (κ2) is 9.16. The highest BCUT2D eigenvalue weighted by Gasteiger charge is 2.19.